The van der Waals surface area contributed by atoms with E-state index in [-0.39, 0.29) is 36.6 Å². The van der Waals surface area contributed by atoms with Crippen LogP contribution in [0, 0.1) is 11.3 Å². The Morgan fingerprint density at radius 3 is 2.44 bits per heavy atom. The van der Waals surface area contributed by atoms with E-state index in [0.29, 0.717) is 18.8 Å². The number of hydrogen-bond donors (Lipinski definition) is 2. The van der Waals surface area contributed by atoms with Crippen molar-refractivity contribution in [2.24, 2.45) is 0 Å². The second-order valence-corrected chi connectivity index (χ2v) is 6.16. The summed E-state index contributed by atoms with van der Waals surface area (Å²) in [6.07, 6.45) is 0.359. The first-order valence-electron chi connectivity index (χ1n) is 8.59. The number of aromatic hydroxyl groups is 1. The van der Waals surface area contributed by atoms with Gasteiger partial charge in [-0.1, -0.05) is 36.4 Å². The summed E-state index contributed by atoms with van der Waals surface area (Å²) < 4.78 is 5.76. The van der Waals surface area contributed by atoms with E-state index in [0.717, 1.165) is 37.3 Å². The molecule has 7 heteroatoms. The lowest BCUT2D eigenvalue weighted by Crippen LogP contribution is -2.45. The lowest BCUT2D eigenvalue weighted by Gasteiger charge is -2.34. The minimum Gasteiger partial charge on any atom is -0.507 e. The summed E-state index contributed by atoms with van der Waals surface area (Å²) in [5, 5.41) is 23.0. The highest BCUT2D eigenvalue weighted by Gasteiger charge is 2.24. The molecule has 3 rings (SSSR count). The summed E-state index contributed by atoms with van der Waals surface area (Å²) in [6, 6.07) is 17.5. The normalized spacial score (nSPS) is 14.9. The molecule has 2 aromatic carbocycles. The van der Waals surface area contributed by atoms with Gasteiger partial charge in [-0.2, -0.15) is 5.26 Å². The van der Waals surface area contributed by atoms with Crippen molar-refractivity contribution in [3.05, 3.63) is 59.7 Å². The predicted octanol–water partition coefficient (Wildman–Crippen LogP) is 3.67. The summed E-state index contributed by atoms with van der Waals surface area (Å²) in [7, 11) is 0. The maximum absolute atomic E-state index is 10.5. The number of hydrogen-bond acceptors (Lipinski definition) is 5. The molecule has 0 amide bonds. The molecule has 0 unspecified atom stereocenters. The number of benzene rings is 2. The molecule has 0 bridgehead atoms. The van der Waals surface area contributed by atoms with Gasteiger partial charge in [0, 0.05) is 37.8 Å². The highest BCUT2D eigenvalue weighted by molar-refractivity contribution is 5.85. The molecule has 1 heterocycles. The second kappa shape index (κ2) is 11.7. The lowest BCUT2D eigenvalue weighted by molar-refractivity contribution is 0.173. The van der Waals surface area contributed by atoms with Crippen LogP contribution in [0.25, 0.3) is 0 Å². The third kappa shape index (κ3) is 6.30. The van der Waals surface area contributed by atoms with Gasteiger partial charge in [0.2, 0.25) is 0 Å². The van der Waals surface area contributed by atoms with Gasteiger partial charge in [-0.15, -0.1) is 24.8 Å². The lowest BCUT2D eigenvalue weighted by atomic mass is 10.0. The van der Waals surface area contributed by atoms with Gasteiger partial charge in [0.05, 0.1) is 18.5 Å². The van der Waals surface area contributed by atoms with Gasteiger partial charge < -0.3 is 15.2 Å². The maximum Gasteiger partial charge on any atom is 0.124 e. The first-order chi connectivity index (χ1) is 12.3. The van der Waals surface area contributed by atoms with Crippen LogP contribution in [-0.2, 0) is 6.61 Å². The van der Waals surface area contributed by atoms with Crippen molar-refractivity contribution in [1.82, 2.24) is 10.2 Å². The van der Waals surface area contributed by atoms with Crippen LogP contribution in [0.2, 0.25) is 0 Å². The van der Waals surface area contributed by atoms with Crippen LogP contribution in [0.15, 0.2) is 48.5 Å². The third-order valence-electron chi connectivity index (χ3n) is 4.49. The Hall–Kier alpha value is -1.97. The molecule has 0 radical (unpaired) electrons. The van der Waals surface area contributed by atoms with Gasteiger partial charge in [0.25, 0.3) is 0 Å². The summed E-state index contributed by atoms with van der Waals surface area (Å²) in [6.45, 7) is 4.01. The van der Waals surface area contributed by atoms with Crippen LogP contribution in [0.4, 0.5) is 0 Å². The maximum atomic E-state index is 10.5. The average molecular weight is 410 g/mol. The van der Waals surface area contributed by atoms with E-state index in [1.54, 1.807) is 6.07 Å². The van der Waals surface area contributed by atoms with E-state index in [4.69, 9.17) is 4.74 Å². The van der Waals surface area contributed by atoms with Gasteiger partial charge in [-0.05, 0) is 11.6 Å². The molecule has 5 nitrogen and oxygen atoms in total. The quantitative estimate of drug-likeness (QED) is 0.761. The molecule has 1 aliphatic rings. The molecular weight excluding hydrogens is 385 g/mol. The fourth-order valence-electron chi connectivity index (χ4n) is 3.15. The SMILES string of the molecule is Cl.Cl.N#CC[C@@H](c1ccc(OCc2ccccc2)cc1O)N1CCNCC1. The first-order valence-corrected chi connectivity index (χ1v) is 8.59. The van der Waals surface area contributed by atoms with E-state index in [2.05, 4.69) is 16.3 Å². The number of piperazine rings is 1. The molecule has 0 aromatic heterocycles. The number of nitriles is 1. The zero-order valence-corrected chi connectivity index (χ0v) is 16.6. The van der Waals surface area contributed by atoms with Crippen molar-refractivity contribution in [3.8, 4) is 17.6 Å². The van der Waals surface area contributed by atoms with Gasteiger partial charge in [-0.25, -0.2) is 0 Å². The highest BCUT2D eigenvalue weighted by Crippen LogP contribution is 2.34. The number of nitrogens with zero attached hydrogens (tertiary/aromatic N) is 2. The van der Waals surface area contributed by atoms with Crippen LogP contribution in [0.1, 0.15) is 23.6 Å². The highest BCUT2D eigenvalue weighted by atomic mass is 35.5. The number of halogens is 2. The van der Waals surface area contributed by atoms with Crippen molar-refractivity contribution < 1.29 is 9.84 Å². The van der Waals surface area contributed by atoms with E-state index in [1.807, 2.05) is 42.5 Å². The zero-order chi connectivity index (χ0) is 17.5. The molecule has 0 aliphatic carbocycles. The van der Waals surface area contributed by atoms with Crippen LogP contribution in [-0.4, -0.2) is 36.2 Å². The molecule has 1 saturated heterocycles. The van der Waals surface area contributed by atoms with Gasteiger partial charge in [0.15, 0.2) is 0 Å². The smallest absolute Gasteiger partial charge is 0.124 e. The van der Waals surface area contributed by atoms with E-state index < -0.39 is 0 Å². The summed E-state index contributed by atoms with van der Waals surface area (Å²) in [5.74, 6) is 0.811. The van der Waals surface area contributed by atoms with Crippen LogP contribution in [0.3, 0.4) is 0 Å². The number of nitrogens with one attached hydrogen (secondary N) is 1. The molecule has 1 fully saturated rings. The summed E-state index contributed by atoms with van der Waals surface area (Å²) in [5.41, 5.74) is 1.87. The monoisotopic (exact) mass is 409 g/mol. The minimum atomic E-state index is -0.0877. The average Bonchev–Trinajstić information content (AvgIpc) is 2.66. The van der Waals surface area contributed by atoms with Crippen LogP contribution < -0.4 is 10.1 Å². The van der Waals surface area contributed by atoms with Crippen molar-refractivity contribution in [3.63, 3.8) is 0 Å². The Labute approximate surface area is 172 Å². The van der Waals surface area contributed by atoms with Crippen molar-refractivity contribution in [2.75, 3.05) is 26.2 Å². The fourth-order valence-corrected chi connectivity index (χ4v) is 3.15. The van der Waals surface area contributed by atoms with Gasteiger partial charge in [0.1, 0.15) is 18.1 Å². The Bertz CT molecular complexity index is 732. The van der Waals surface area contributed by atoms with Crippen LogP contribution >= 0.6 is 24.8 Å². The Kier molecular flexibility index (Phi) is 9.98. The van der Waals surface area contributed by atoms with Crippen molar-refractivity contribution in [2.45, 2.75) is 19.1 Å². The first kappa shape index (κ1) is 23.1. The minimum absolute atomic E-state index is 0. The Morgan fingerprint density at radius 1 is 1.11 bits per heavy atom. The Morgan fingerprint density at radius 2 is 1.81 bits per heavy atom. The summed E-state index contributed by atoms with van der Waals surface area (Å²) in [4.78, 5) is 2.25. The Balaban J connectivity index is 0.00000182. The van der Waals surface area contributed by atoms with E-state index in [1.165, 1.54) is 0 Å². The largest absolute Gasteiger partial charge is 0.507 e. The van der Waals surface area contributed by atoms with Crippen molar-refractivity contribution in [1.29, 1.82) is 5.26 Å². The molecule has 0 saturated carbocycles. The van der Waals surface area contributed by atoms with Gasteiger partial charge >= 0.3 is 0 Å². The molecular formula is C20H25Cl2N3O2. The van der Waals surface area contributed by atoms with E-state index >= 15 is 0 Å². The van der Waals surface area contributed by atoms with Crippen molar-refractivity contribution >= 4 is 24.8 Å². The third-order valence-corrected chi connectivity index (χ3v) is 4.49. The molecule has 27 heavy (non-hydrogen) atoms. The van der Waals surface area contributed by atoms with Crippen LogP contribution in [0.5, 0.6) is 11.5 Å². The zero-order valence-electron chi connectivity index (χ0n) is 15.0. The predicted molar refractivity (Wildman–Crippen MR) is 111 cm³/mol. The topological polar surface area (TPSA) is 68.5 Å². The summed E-state index contributed by atoms with van der Waals surface area (Å²) >= 11 is 0. The molecule has 2 aromatic rings. The standard InChI is InChI=1S/C20H23N3O2.2ClH/c21-9-8-19(23-12-10-22-11-13-23)18-7-6-17(14-20(18)24)25-15-16-4-2-1-3-5-16;;/h1-7,14,19,22,24H,8,10-13,15H2;2*1H/t19-;;/m0../s1. The molecule has 1 atom stereocenters. The number of phenolic OH excluding ortho intramolecular Hbond substituents is 1. The fraction of sp³-hybridized carbons (Fsp3) is 0.350. The molecule has 1 aliphatic heterocycles. The van der Waals surface area contributed by atoms with Gasteiger partial charge in [-0.3, -0.25) is 4.90 Å². The number of phenols is 1. The number of ether oxygens (including phenoxy) is 1. The molecule has 0 spiro atoms. The molecule has 2 N–H and O–H groups in total. The second-order valence-electron chi connectivity index (χ2n) is 6.16. The molecule has 146 valence electrons. The van der Waals surface area contributed by atoms with E-state index in [9.17, 15) is 10.4 Å². The number of rotatable bonds is 6.